The van der Waals surface area contributed by atoms with E-state index in [4.69, 9.17) is 4.99 Å². The Morgan fingerprint density at radius 3 is 2.94 bits per heavy atom. The highest BCUT2D eigenvalue weighted by Gasteiger charge is 2.28. The van der Waals surface area contributed by atoms with E-state index in [9.17, 15) is 0 Å². The van der Waals surface area contributed by atoms with Gasteiger partial charge in [-0.15, -0.1) is 0 Å². The Morgan fingerprint density at radius 2 is 2.35 bits per heavy atom. The molecule has 1 N–H and O–H groups in total. The van der Waals surface area contributed by atoms with Crippen LogP contribution < -0.4 is 5.32 Å². The highest BCUT2D eigenvalue weighted by Crippen LogP contribution is 2.31. The van der Waals surface area contributed by atoms with Gasteiger partial charge in [0.05, 0.1) is 5.54 Å². The number of rotatable bonds is 2. The molecular weight excluding hydrogens is 411 g/mol. The molecule has 2 nitrogen and oxygen atoms in total. The minimum atomic E-state index is 0.107. The molecule has 0 radical (unpaired) electrons. The van der Waals surface area contributed by atoms with Crippen molar-refractivity contribution in [3.63, 3.8) is 0 Å². The molecule has 0 amide bonds. The van der Waals surface area contributed by atoms with Gasteiger partial charge in [0.2, 0.25) is 0 Å². The molecule has 0 saturated heterocycles. The molecule has 0 spiro atoms. The third-order valence-electron chi connectivity index (χ3n) is 2.82. The molecule has 92 valence electrons. The Balaban J connectivity index is 2.12. The zero-order chi connectivity index (χ0) is 12.5. The second-order valence-electron chi connectivity index (χ2n) is 4.31. The first kappa shape index (κ1) is 13.7. The van der Waals surface area contributed by atoms with Crippen molar-refractivity contribution < 1.29 is 0 Å². The summed E-state index contributed by atoms with van der Waals surface area (Å²) in [5.41, 5.74) is 1.21. The molecule has 1 aromatic carbocycles. The van der Waals surface area contributed by atoms with Gasteiger partial charge in [0.25, 0.3) is 0 Å². The molecule has 5 heteroatoms. The summed E-state index contributed by atoms with van der Waals surface area (Å²) in [6, 6.07) is 6.25. The molecule has 2 rings (SSSR count). The van der Waals surface area contributed by atoms with Crippen LogP contribution in [0.1, 0.15) is 20.3 Å². The molecule has 0 bridgehead atoms. The van der Waals surface area contributed by atoms with E-state index >= 15 is 0 Å². The van der Waals surface area contributed by atoms with Gasteiger partial charge in [-0.05, 0) is 70.1 Å². The van der Waals surface area contributed by atoms with E-state index in [-0.39, 0.29) is 5.54 Å². The first-order valence-corrected chi connectivity index (χ1v) is 8.33. The van der Waals surface area contributed by atoms with Crippen LogP contribution in [-0.2, 0) is 0 Å². The van der Waals surface area contributed by atoms with Crippen molar-refractivity contribution in [2.24, 2.45) is 4.99 Å². The Morgan fingerprint density at radius 1 is 1.59 bits per heavy atom. The smallest absolute Gasteiger partial charge is 0.161 e. The molecule has 0 aliphatic carbocycles. The summed E-state index contributed by atoms with van der Waals surface area (Å²) in [6.07, 6.45) is 1.09. The van der Waals surface area contributed by atoms with E-state index in [1.54, 1.807) is 11.8 Å². The summed E-state index contributed by atoms with van der Waals surface area (Å²) in [7, 11) is 0. The molecule has 1 aliphatic rings. The van der Waals surface area contributed by atoms with Gasteiger partial charge in [-0.25, -0.2) is 0 Å². The predicted octanol–water partition coefficient (Wildman–Crippen LogP) is 4.74. The number of nitrogens with zero attached hydrogens (tertiary/aromatic N) is 1. The van der Waals surface area contributed by atoms with Gasteiger partial charge in [0, 0.05) is 19.5 Å². The Bertz CT molecular complexity index is 464. The van der Waals surface area contributed by atoms with Crippen molar-refractivity contribution in [3.05, 3.63) is 26.2 Å². The van der Waals surface area contributed by atoms with Crippen LogP contribution in [0.3, 0.4) is 0 Å². The monoisotopic (exact) mass is 424 g/mol. The van der Waals surface area contributed by atoms with Crippen molar-refractivity contribution in [3.8, 4) is 0 Å². The maximum atomic E-state index is 4.74. The zero-order valence-electron chi connectivity index (χ0n) is 9.76. The van der Waals surface area contributed by atoms with Crippen LogP contribution in [0.5, 0.6) is 0 Å². The number of aliphatic imine (C=N–C) groups is 1. The third kappa shape index (κ3) is 3.38. The second-order valence-corrected chi connectivity index (χ2v) is 7.29. The molecule has 1 aromatic rings. The molecule has 0 aromatic heterocycles. The average molecular weight is 425 g/mol. The first-order chi connectivity index (χ1) is 8.02. The van der Waals surface area contributed by atoms with E-state index in [0.29, 0.717) is 0 Å². The van der Waals surface area contributed by atoms with Crippen molar-refractivity contribution >= 4 is 61.1 Å². The van der Waals surface area contributed by atoms with Crippen molar-refractivity contribution in [2.75, 3.05) is 11.1 Å². The number of benzene rings is 1. The molecule has 1 aliphatic heterocycles. The quantitative estimate of drug-likeness (QED) is 0.693. The Hall–Kier alpha value is 0.250. The fourth-order valence-electron chi connectivity index (χ4n) is 1.48. The molecule has 17 heavy (non-hydrogen) atoms. The third-order valence-corrected chi connectivity index (χ3v) is 6.38. The lowest BCUT2D eigenvalue weighted by atomic mass is 10.0. The summed E-state index contributed by atoms with van der Waals surface area (Å²) in [6.45, 7) is 4.40. The molecule has 0 saturated carbocycles. The van der Waals surface area contributed by atoms with Crippen molar-refractivity contribution in [2.45, 2.75) is 25.8 Å². The first-order valence-electron chi connectivity index (χ1n) is 5.47. The number of anilines is 1. The van der Waals surface area contributed by atoms with Gasteiger partial charge in [-0.3, -0.25) is 4.99 Å². The van der Waals surface area contributed by atoms with Crippen molar-refractivity contribution in [1.29, 1.82) is 0 Å². The van der Waals surface area contributed by atoms with E-state index in [0.717, 1.165) is 27.5 Å². The largest absolute Gasteiger partial charge is 0.335 e. The SMILES string of the molecule is CCC1(C)CSC(Nc2ccc(Br)c(I)c2)=N1. The number of nitrogens with one attached hydrogen (secondary N) is 1. The molecular formula is C12H14BrIN2S. The Labute approximate surface area is 128 Å². The number of amidine groups is 1. The molecule has 1 heterocycles. The van der Waals surface area contributed by atoms with Crippen LogP contribution >= 0.6 is 50.3 Å². The maximum absolute atomic E-state index is 4.74. The lowest BCUT2D eigenvalue weighted by Crippen LogP contribution is -2.20. The summed E-state index contributed by atoms with van der Waals surface area (Å²) >= 11 is 7.62. The second kappa shape index (κ2) is 5.48. The summed E-state index contributed by atoms with van der Waals surface area (Å²) in [5, 5.41) is 4.42. The minimum absolute atomic E-state index is 0.107. The summed E-state index contributed by atoms with van der Waals surface area (Å²) in [4.78, 5) is 4.74. The van der Waals surface area contributed by atoms with Gasteiger partial charge in [-0.1, -0.05) is 18.7 Å². The van der Waals surface area contributed by atoms with Crippen LogP contribution in [0.2, 0.25) is 0 Å². The number of thioether (sulfide) groups is 1. The topological polar surface area (TPSA) is 24.4 Å². The predicted molar refractivity (Wildman–Crippen MR) is 89.1 cm³/mol. The van der Waals surface area contributed by atoms with Gasteiger partial charge >= 0.3 is 0 Å². The van der Waals surface area contributed by atoms with Crippen molar-refractivity contribution in [1.82, 2.24) is 0 Å². The standard InChI is InChI=1S/C12H14BrIN2S/c1-3-12(2)7-17-11(16-12)15-8-4-5-9(13)10(14)6-8/h4-6H,3,7H2,1-2H3,(H,15,16). The van der Waals surface area contributed by atoms with Gasteiger partial charge in [-0.2, -0.15) is 0 Å². The summed E-state index contributed by atoms with van der Waals surface area (Å²) < 4.78 is 2.33. The maximum Gasteiger partial charge on any atom is 0.161 e. The highest BCUT2D eigenvalue weighted by molar-refractivity contribution is 14.1. The number of hydrogen-bond acceptors (Lipinski definition) is 3. The van der Waals surface area contributed by atoms with Crippen LogP contribution in [0, 0.1) is 3.57 Å². The van der Waals surface area contributed by atoms with E-state index in [1.807, 2.05) is 0 Å². The fraction of sp³-hybridized carbons (Fsp3) is 0.417. The highest BCUT2D eigenvalue weighted by atomic mass is 127. The normalized spacial score (nSPS) is 23.6. The van der Waals surface area contributed by atoms with Gasteiger partial charge < -0.3 is 5.32 Å². The van der Waals surface area contributed by atoms with Crippen LogP contribution in [0.15, 0.2) is 27.7 Å². The van der Waals surface area contributed by atoms with E-state index < -0.39 is 0 Å². The van der Waals surface area contributed by atoms with Crippen LogP contribution in [0.4, 0.5) is 5.69 Å². The van der Waals surface area contributed by atoms with E-state index in [2.05, 4.69) is 75.9 Å². The van der Waals surface area contributed by atoms with Gasteiger partial charge in [0.1, 0.15) is 0 Å². The number of hydrogen-bond donors (Lipinski definition) is 1. The van der Waals surface area contributed by atoms with Gasteiger partial charge in [0.15, 0.2) is 5.17 Å². The molecule has 1 atom stereocenters. The fourth-order valence-corrected chi connectivity index (χ4v) is 3.43. The van der Waals surface area contributed by atoms with Crippen LogP contribution in [-0.4, -0.2) is 16.5 Å². The Kier molecular flexibility index (Phi) is 4.41. The molecule has 0 fully saturated rings. The lowest BCUT2D eigenvalue weighted by Gasteiger charge is -2.15. The average Bonchev–Trinajstić information content (AvgIpc) is 2.67. The zero-order valence-corrected chi connectivity index (χ0v) is 14.3. The summed E-state index contributed by atoms with van der Waals surface area (Å²) in [5.74, 6) is 1.07. The van der Waals surface area contributed by atoms with E-state index in [1.165, 1.54) is 3.57 Å². The minimum Gasteiger partial charge on any atom is -0.335 e. The lowest BCUT2D eigenvalue weighted by molar-refractivity contribution is 0.523. The number of halogens is 2. The molecule has 1 unspecified atom stereocenters. The van der Waals surface area contributed by atoms with Crippen LogP contribution in [0.25, 0.3) is 0 Å².